The van der Waals surface area contributed by atoms with Crippen LogP contribution in [0.4, 0.5) is 0 Å². The number of aromatic nitrogens is 1. The molecule has 1 saturated heterocycles. The second kappa shape index (κ2) is 10.5. The first-order chi connectivity index (χ1) is 12.7. The van der Waals surface area contributed by atoms with E-state index in [1.54, 1.807) is 0 Å². The molecule has 0 unspecified atom stereocenters. The monoisotopic (exact) mass is 483 g/mol. The summed E-state index contributed by atoms with van der Waals surface area (Å²) in [5.41, 5.74) is 3.72. The van der Waals surface area contributed by atoms with Crippen molar-refractivity contribution >= 4 is 46.7 Å². The van der Waals surface area contributed by atoms with Crippen LogP contribution in [0.3, 0.4) is 0 Å². The van der Waals surface area contributed by atoms with Crippen molar-refractivity contribution in [2.75, 3.05) is 32.7 Å². The lowest BCUT2D eigenvalue weighted by molar-refractivity contribution is -0.128. The van der Waals surface area contributed by atoms with Crippen LogP contribution >= 0.6 is 24.0 Å². The summed E-state index contributed by atoms with van der Waals surface area (Å²) >= 11 is 0. The van der Waals surface area contributed by atoms with Crippen molar-refractivity contribution in [2.45, 2.75) is 33.1 Å². The number of likely N-dealkylation sites (tertiary alicyclic amines) is 1. The Bertz CT molecular complexity index is 780. The molecule has 0 atom stereocenters. The topological polar surface area (TPSA) is 72.5 Å². The molecule has 1 aromatic carbocycles. The fourth-order valence-electron chi connectivity index (χ4n) is 3.52. The lowest BCUT2D eigenvalue weighted by Gasteiger charge is -2.15. The van der Waals surface area contributed by atoms with Crippen molar-refractivity contribution in [3.05, 3.63) is 35.5 Å². The van der Waals surface area contributed by atoms with Crippen molar-refractivity contribution < 1.29 is 4.79 Å². The maximum atomic E-state index is 12.2. The number of aliphatic imine (C=N–C) groups is 1. The average molecular weight is 483 g/mol. The van der Waals surface area contributed by atoms with Gasteiger partial charge < -0.3 is 20.5 Å². The van der Waals surface area contributed by atoms with Crippen LogP contribution in [-0.4, -0.2) is 54.5 Å². The van der Waals surface area contributed by atoms with Crippen LogP contribution in [0, 0.1) is 6.92 Å². The van der Waals surface area contributed by atoms with E-state index in [0.29, 0.717) is 5.96 Å². The van der Waals surface area contributed by atoms with Crippen LogP contribution in [0.15, 0.2) is 29.3 Å². The Hall–Kier alpha value is -1.77. The Kier molecular flexibility index (Phi) is 8.40. The van der Waals surface area contributed by atoms with Crippen molar-refractivity contribution in [2.24, 2.45) is 4.99 Å². The second-order valence-corrected chi connectivity index (χ2v) is 6.73. The highest BCUT2D eigenvalue weighted by molar-refractivity contribution is 14.0. The maximum absolute atomic E-state index is 12.2. The molecule has 0 spiro atoms. The van der Waals surface area contributed by atoms with Gasteiger partial charge in [0.25, 0.3) is 0 Å². The lowest BCUT2D eigenvalue weighted by Crippen LogP contribution is -2.39. The molecule has 0 bridgehead atoms. The van der Waals surface area contributed by atoms with Crippen LogP contribution in [0.2, 0.25) is 0 Å². The molecule has 2 heterocycles. The number of H-pyrrole nitrogens is 1. The molecule has 1 aliphatic heterocycles. The highest BCUT2D eigenvalue weighted by atomic mass is 127. The summed E-state index contributed by atoms with van der Waals surface area (Å²) < 4.78 is 0. The van der Waals surface area contributed by atoms with E-state index in [2.05, 4.69) is 45.7 Å². The van der Waals surface area contributed by atoms with E-state index in [4.69, 9.17) is 0 Å². The van der Waals surface area contributed by atoms with Gasteiger partial charge in [0, 0.05) is 42.8 Å². The number of guanidine groups is 1. The molecule has 2 aromatic rings. The smallest absolute Gasteiger partial charge is 0.244 e. The molecule has 1 aromatic heterocycles. The summed E-state index contributed by atoms with van der Waals surface area (Å²) in [6.45, 7) is 7.65. The van der Waals surface area contributed by atoms with E-state index < -0.39 is 0 Å². The largest absolute Gasteiger partial charge is 0.358 e. The molecule has 148 valence electrons. The number of nitrogens with zero attached hydrogens (tertiary/aromatic N) is 2. The predicted octanol–water partition coefficient (Wildman–Crippen LogP) is 2.81. The summed E-state index contributed by atoms with van der Waals surface area (Å²) in [5.74, 6) is 0.824. The van der Waals surface area contributed by atoms with Crippen LogP contribution in [0.25, 0.3) is 10.9 Å². The highest BCUT2D eigenvalue weighted by Gasteiger charge is 2.17. The molecule has 7 heteroatoms. The summed E-state index contributed by atoms with van der Waals surface area (Å²) in [6.07, 6.45) is 3.12. The predicted molar refractivity (Wildman–Crippen MR) is 122 cm³/mol. The minimum Gasteiger partial charge on any atom is -0.358 e. The number of fused-ring (bicyclic) bond motifs is 1. The van der Waals surface area contributed by atoms with Crippen molar-refractivity contribution in [3.8, 4) is 0 Å². The first kappa shape index (κ1) is 21.5. The molecule has 0 aliphatic carbocycles. The number of carbonyl (C=O) groups excluding carboxylic acids is 1. The number of hydrogen-bond donors (Lipinski definition) is 3. The van der Waals surface area contributed by atoms with Gasteiger partial charge in [-0.25, -0.2) is 4.99 Å². The van der Waals surface area contributed by atoms with Gasteiger partial charge in [-0.2, -0.15) is 0 Å². The second-order valence-electron chi connectivity index (χ2n) is 6.73. The van der Waals surface area contributed by atoms with E-state index in [0.717, 1.165) is 45.4 Å². The fourth-order valence-corrected chi connectivity index (χ4v) is 3.52. The molecule has 0 radical (unpaired) electrons. The number of amides is 1. The third-order valence-electron chi connectivity index (χ3n) is 4.87. The zero-order chi connectivity index (χ0) is 18.4. The Labute approximate surface area is 178 Å². The SMILES string of the molecule is CCNC(=NCC(=O)N1CCCC1)NCCc1c(C)[nH]c2ccccc12.I. The molecule has 6 nitrogen and oxygen atoms in total. The van der Waals surface area contributed by atoms with Crippen molar-refractivity contribution in [1.82, 2.24) is 20.5 Å². The number of aryl methyl sites for hydroxylation is 1. The van der Waals surface area contributed by atoms with Crippen molar-refractivity contribution in [1.29, 1.82) is 0 Å². The van der Waals surface area contributed by atoms with E-state index in [1.807, 2.05) is 17.9 Å². The van der Waals surface area contributed by atoms with Crippen LogP contribution < -0.4 is 10.6 Å². The number of aromatic amines is 1. The summed E-state index contributed by atoms with van der Waals surface area (Å²) in [5, 5.41) is 7.85. The zero-order valence-electron chi connectivity index (χ0n) is 16.2. The molecular formula is C20H30IN5O. The van der Waals surface area contributed by atoms with Gasteiger partial charge in [-0.15, -0.1) is 24.0 Å². The van der Waals surface area contributed by atoms with Crippen LogP contribution in [0.1, 0.15) is 31.0 Å². The third-order valence-corrected chi connectivity index (χ3v) is 4.87. The molecule has 1 aliphatic rings. The molecule has 1 amide bonds. The number of carbonyl (C=O) groups is 1. The van der Waals surface area contributed by atoms with Gasteiger partial charge in [-0.1, -0.05) is 18.2 Å². The average Bonchev–Trinajstić information content (AvgIpc) is 3.28. The quantitative estimate of drug-likeness (QED) is 0.336. The molecular weight excluding hydrogens is 453 g/mol. The number of para-hydroxylation sites is 1. The van der Waals surface area contributed by atoms with Gasteiger partial charge in [0.15, 0.2) is 5.96 Å². The molecule has 3 rings (SSSR count). The first-order valence-electron chi connectivity index (χ1n) is 9.55. The van der Waals surface area contributed by atoms with Crippen LogP contribution in [-0.2, 0) is 11.2 Å². The zero-order valence-corrected chi connectivity index (χ0v) is 18.5. The van der Waals surface area contributed by atoms with Gasteiger partial charge in [0.05, 0.1) is 0 Å². The minimum absolute atomic E-state index is 0. The number of halogens is 1. The van der Waals surface area contributed by atoms with Gasteiger partial charge in [-0.05, 0) is 44.7 Å². The number of benzene rings is 1. The summed E-state index contributed by atoms with van der Waals surface area (Å²) in [7, 11) is 0. The Morgan fingerprint density at radius 3 is 2.70 bits per heavy atom. The minimum atomic E-state index is 0. The lowest BCUT2D eigenvalue weighted by atomic mass is 10.1. The van der Waals surface area contributed by atoms with E-state index in [9.17, 15) is 4.79 Å². The van der Waals surface area contributed by atoms with E-state index in [1.165, 1.54) is 22.2 Å². The standard InChI is InChI=1S/C20H29N5O.HI/c1-3-21-20(23-14-19(26)25-12-6-7-13-25)22-11-10-16-15(2)24-18-9-5-4-8-17(16)18;/h4-5,8-9,24H,3,6-7,10-14H2,1-2H3,(H2,21,22,23);1H. The molecule has 27 heavy (non-hydrogen) atoms. The third kappa shape index (κ3) is 5.60. The van der Waals surface area contributed by atoms with E-state index >= 15 is 0 Å². The summed E-state index contributed by atoms with van der Waals surface area (Å²) in [4.78, 5) is 22.0. The van der Waals surface area contributed by atoms with Gasteiger partial charge in [0.1, 0.15) is 6.54 Å². The molecule has 3 N–H and O–H groups in total. The normalized spacial score (nSPS) is 14.3. The van der Waals surface area contributed by atoms with Crippen molar-refractivity contribution in [3.63, 3.8) is 0 Å². The Morgan fingerprint density at radius 1 is 1.22 bits per heavy atom. The Balaban J connectivity index is 0.00000261. The maximum Gasteiger partial charge on any atom is 0.244 e. The van der Waals surface area contributed by atoms with Gasteiger partial charge in [0.2, 0.25) is 5.91 Å². The Morgan fingerprint density at radius 2 is 1.96 bits per heavy atom. The summed E-state index contributed by atoms with van der Waals surface area (Å²) in [6, 6.07) is 8.38. The fraction of sp³-hybridized carbons (Fsp3) is 0.500. The number of rotatable bonds is 6. The van der Waals surface area contributed by atoms with Gasteiger partial charge in [-0.3, -0.25) is 4.79 Å². The molecule has 1 fully saturated rings. The van der Waals surface area contributed by atoms with E-state index in [-0.39, 0.29) is 36.4 Å². The first-order valence-corrected chi connectivity index (χ1v) is 9.55. The number of nitrogens with one attached hydrogen (secondary N) is 3. The van der Waals surface area contributed by atoms with Gasteiger partial charge >= 0.3 is 0 Å². The number of hydrogen-bond acceptors (Lipinski definition) is 2. The molecule has 0 saturated carbocycles. The highest BCUT2D eigenvalue weighted by Crippen LogP contribution is 2.21. The van der Waals surface area contributed by atoms with Crippen LogP contribution in [0.5, 0.6) is 0 Å².